The van der Waals surface area contributed by atoms with Crippen LogP contribution < -0.4 is 9.62 Å². The fraction of sp³-hybridized carbons (Fsp3) is 0.316. The number of amides is 1. The standard InChI is InChI=1S/C19H18Cl3F3N2O3S2/c1-32(29,30)27(14-4-5-16(21)15(9-14)19(23,24)25)10-18(28)26-6-7-31-11-12-2-3-13(20)8-17(12)22/h2-5,8-9H,6-7,10-11H2,1H3,(H,26,28). The summed E-state index contributed by atoms with van der Waals surface area (Å²) in [6.45, 7) is -0.452. The molecule has 0 atom stereocenters. The quantitative estimate of drug-likeness (QED) is 0.421. The van der Waals surface area contributed by atoms with Gasteiger partial charge in [-0.25, -0.2) is 8.42 Å². The van der Waals surface area contributed by atoms with E-state index in [4.69, 9.17) is 34.8 Å². The van der Waals surface area contributed by atoms with Gasteiger partial charge in [0.05, 0.1) is 22.5 Å². The van der Waals surface area contributed by atoms with E-state index in [1.54, 1.807) is 18.2 Å². The number of carbonyl (C=O) groups is 1. The van der Waals surface area contributed by atoms with Crippen LogP contribution in [0.25, 0.3) is 0 Å². The number of benzene rings is 2. The third-order valence-electron chi connectivity index (χ3n) is 4.07. The van der Waals surface area contributed by atoms with E-state index < -0.39 is 39.2 Å². The highest BCUT2D eigenvalue weighted by Gasteiger charge is 2.34. The third kappa shape index (κ3) is 7.91. The largest absolute Gasteiger partial charge is 0.417 e. The van der Waals surface area contributed by atoms with Crippen molar-refractivity contribution in [1.29, 1.82) is 0 Å². The van der Waals surface area contributed by atoms with Crippen molar-refractivity contribution in [3.63, 3.8) is 0 Å². The normalized spacial score (nSPS) is 12.0. The van der Waals surface area contributed by atoms with E-state index in [2.05, 4.69) is 5.32 Å². The first kappa shape index (κ1) is 26.9. The van der Waals surface area contributed by atoms with E-state index in [0.717, 1.165) is 24.0 Å². The van der Waals surface area contributed by atoms with Crippen LogP contribution in [0.15, 0.2) is 36.4 Å². The SMILES string of the molecule is CS(=O)(=O)N(CC(=O)NCCSCc1ccc(Cl)cc1Cl)c1ccc(Cl)c(C(F)(F)F)c1. The molecule has 1 N–H and O–H groups in total. The number of nitrogens with one attached hydrogen (secondary N) is 1. The Morgan fingerprint density at radius 2 is 1.78 bits per heavy atom. The fourth-order valence-corrected chi connectivity index (χ4v) is 5.05. The molecule has 1 amide bonds. The lowest BCUT2D eigenvalue weighted by Crippen LogP contribution is -2.41. The van der Waals surface area contributed by atoms with Gasteiger partial charge in [0, 0.05) is 28.1 Å². The van der Waals surface area contributed by atoms with Crippen molar-refractivity contribution in [2.24, 2.45) is 0 Å². The van der Waals surface area contributed by atoms with Crippen molar-refractivity contribution in [1.82, 2.24) is 5.32 Å². The van der Waals surface area contributed by atoms with Gasteiger partial charge in [-0.05, 0) is 35.9 Å². The number of halogens is 6. The smallest absolute Gasteiger partial charge is 0.354 e. The molecule has 0 radical (unpaired) electrons. The molecule has 0 fully saturated rings. The van der Waals surface area contributed by atoms with Crippen molar-refractivity contribution in [2.45, 2.75) is 11.9 Å². The predicted octanol–water partition coefficient (Wildman–Crippen LogP) is 5.48. The van der Waals surface area contributed by atoms with Gasteiger partial charge in [0.25, 0.3) is 0 Å². The van der Waals surface area contributed by atoms with Crippen LogP contribution in [-0.2, 0) is 26.7 Å². The van der Waals surface area contributed by atoms with Gasteiger partial charge in [0.1, 0.15) is 6.54 Å². The number of anilines is 1. The van der Waals surface area contributed by atoms with Gasteiger partial charge < -0.3 is 5.32 Å². The number of thioether (sulfide) groups is 1. The molecular formula is C19H18Cl3F3N2O3S2. The molecule has 0 heterocycles. The van der Waals surface area contributed by atoms with Gasteiger partial charge in [0.2, 0.25) is 15.9 Å². The van der Waals surface area contributed by atoms with E-state index in [1.165, 1.54) is 11.8 Å². The number of hydrogen-bond acceptors (Lipinski definition) is 4. The highest BCUT2D eigenvalue weighted by Crippen LogP contribution is 2.37. The van der Waals surface area contributed by atoms with Crippen LogP contribution in [0.4, 0.5) is 18.9 Å². The second-order valence-electron chi connectivity index (χ2n) is 6.57. The molecule has 0 aromatic heterocycles. The van der Waals surface area contributed by atoms with Crippen LogP contribution in [-0.4, -0.2) is 39.4 Å². The van der Waals surface area contributed by atoms with Gasteiger partial charge >= 0.3 is 6.18 Å². The van der Waals surface area contributed by atoms with Crippen molar-refractivity contribution < 1.29 is 26.4 Å². The van der Waals surface area contributed by atoms with Crippen molar-refractivity contribution >= 4 is 68.2 Å². The van der Waals surface area contributed by atoms with Crippen LogP contribution in [0, 0.1) is 0 Å². The van der Waals surface area contributed by atoms with Crippen molar-refractivity contribution in [2.75, 3.05) is 29.4 Å². The average Bonchev–Trinajstić information content (AvgIpc) is 2.66. The lowest BCUT2D eigenvalue weighted by atomic mass is 10.2. The van der Waals surface area contributed by atoms with Crippen LogP contribution in [0.5, 0.6) is 0 Å². The zero-order valence-electron chi connectivity index (χ0n) is 16.5. The number of carbonyl (C=O) groups excluding carboxylic acids is 1. The first-order valence-corrected chi connectivity index (χ1v) is 13.1. The molecule has 2 aromatic carbocycles. The fourth-order valence-electron chi connectivity index (χ4n) is 2.56. The molecule has 0 saturated carbocycles. The maximum Gasteiger partial charge on any atom is 0.417 e. The molecule has 0 aliphatic rings. The van der Waals surface area contributed by atoms with Gasteiger partial charge in [-0.1, -0.05) is 40.9 Å². The molecule has 0 aliphatic carbocycles. The van der Waals surface area contributed by atoms with E-state index in [1.807, 2.05) is 0 Å². The minimum Gasteiger partial charge on any atom is -0.354 e. The molecule has 0 saturated heterocycles. The van der Waals surface area contributed by atoms with Crippen LogP contribution in [0.2, 0.25) is 15.1 Å². The Bertz CT molecular complexity index is 1080. The summed E-state index contributed by atoms with van der Waals surface area (Å²) in [5, 5.41) is 3.03. The summed E-state index contributed by atoms with van der Waals surface area (Å²) in [5.74, 6) is 0.416. The minimum atomic E-state index is -4.78. The summed E-state index contributed by atoms with van der Waals surface area (Å²) < 4.78 is 64.1. The van der Waals surface area contributed by atoms with Crippen molar-refractivity contribution in [3.05, 3.63) is 62.6 Å². The molecule has 32 heavy (non-hydrogen) atoms. The molecule has 0 unspecified atom stereocenters. The number of sulfonamides is 1. The van der Waals surface area contributed by atoms with E-state index in [-0.39, 0.29) is 12.2 Å². The summed E-state index contributed by atoms with van der Waals surface area (Å²) in [6.07, 6.45) is -3.98. The van der Waals surface area contributed by atoms with Crippen LogP contribution in [0.1, 0.15) is 11.1 Å². The van der Waals surface area contributed by atoms with Crippen LogP contribution in [0.3, 0.4) is 0 Å². The molecule has 13 heteroatoms. The summed E-state index contributed by atoms with van der Waals surface area (Å²) in [6, 6.07) is 7.78. The topological polar surface area (TPSA) is 66.5 Å². The maximum atomic E-state index is 13.1. The highest BCUT2D eigenvalue weighted by atomic mass is 35.5. The number of hydrogen-bond donors (Lipinski definition) is 1. The molecule has 0 bridgehead atoms. The molecular weight excluding hydrogens is 532 g/mol. The first-order valence-electron chi connectivity index (χ1n) is 8.92. The summed E-state index contributed by atoms with van der Waals surface area (Å²) >= 11 is 19.0. The Morgan fingerprint density at radius 3 is 2.38 bits per heavy atom. The van der Waals surface area contributed by atoms with E-state index >= 15 is 0 Å². The van der Waals surface area contributed by atoms with E-state index in [0.29, 0.717) is 31.9 Å². The monoisotopic (exact) mass is 548 g/mol. The third-order valence-corrected chi connectivity index (χ3v) is 7.14. The maximum absolute atomic E-state index is 13.1. The van der Waals surface area contributed by atoms with Gasteiger partial charge in [-0.2, -0.15) is 24.9 Å². The Morgan fingerprint density at radius 1 is 1.09 bits per heavy atom. The molecule has 2 aromatic rings. The Kier molecular flexibility index (Phi) is 9.42. The average molecular weight is 550 g/mol. The van der Waals surface area contributed by atoms with E-state index in [9.17, 15) is 26.4 Å². The summed E-state index contributed by atoms with van der Waals surface area (Å²) in [4.78, 5) is 12.2. The second-order valence-corrected chi connectivity index (χ2v) is 10.8. The molecule has 5 nitrogen and oxygen atoms in total. The molecule has 2 rings (SSSR count). The Hall–Kier alpha value is -1.33. The molecule has 0 aliphatic heterocycles. The number of nitrogens with zero attached hydrogens (tertiary/aromatic N) is 1. The number of alkyl halides is 3. The second kappa shape index (κ2) is 11.2. The lowest BCUT2D eigenvalue weighted by molar-refractivity contribution is -0.137. The van der Waals surface area contributed by atoms with Gasteiger partial charge in [-0.3, -0.25) is 9.10 Å². The van der Waals surface area contributed by atoms with Gasteiger partial charge in [-0.15, -0.1) is 0 Å². The summed E-state index contributed by atoms with van der Waals surface area (Å²) in [7, 11) is -4.04. The van der Waals surface area contributed by atoms with Crippen molar-refractivity contribution in [3.8, 4) is 0 Å². The Labute approximate surface area is 203 Å². The summed E-state index contributed by atoms with van der Waals surface area (Å²) in [5.41, 5.74) is -0.632. The van der Waals surface area contributed by atoms with Crippen LogP contribution >= 0.6 is 46.6 Å². The zero-order valence-corrected chi connectivity index (χ0v) is 20.4. The van der Waals surface area contributed by atoms with Gasteiger partial charge in [0.15, 0.2) is 0 Å². The zero-order chi connectivity index (χ0) is 24.1. The minimum absolute atomic E-state index is 0.223. The molecule has 0 spiro atoms. The highest BCUT2D eigenvalue weighted by molar-refractivity contribution is 7.98. The molecule has 176 valence electrons. The lowest BCUT2D eigenvalue weighted by Gasteiger charge is -2.23. The first-order chi connectivity index (χ1) is 14.8. The Balaban J connectivity index is 1.96. The predicted molar refractivity (Wildman–Crippen MR) is 124 cm³/mol. The number of rotatable bonds is 9.